The second-order valence-electron chi connectivity index (χ2n) is 20.7. The van der Waals surface area contributed by atoms with Crippen molar-refractivity contribution in [2.75, 3.05) is 20.7 Å². The van der Waals surface area contributed by atoms with Crippen LogP contribution in [-0.2, 0) is 37.4 Å². The minimum absolute atomic E-state index is 0.00999. The Hall–Kier alpha value is -5.78. The lowest BCUT2D eigenvalue weighted by Crippen LogP contribution is -2.51. The van der Waals surface area contributed by atoms with Crippen LogP contribution in [0.25, 0.3) is 33.5 Å². The molecule has 4 amide bonds. The summed E-state index contributed by atoms with van der Waals surface area (Å²) in [6, 6.07) is 19.7. The molecule has 3 aliphatic heterocycles. The van der Waals surface area contributed by atoms with Crippen LogP contribution in [0.3, 0.4) is 0 Å². The number of carbonyl (C=O) groups is 4. The number of imidazole rings is 1. The molecule has 4 aromatic rings. The molecule has 1 spiro atoms. The lowest BCUT2D eigenvalue weighted by molar-refractivity contribution is -0.140. The average Bonchev–Trinajstić information content (AvgIpc) is 4.07. The zero-order chi connectivity index (χ0) is 46.0. The van der Waals surface area contributed by atoms with Gasteiger partial charge in [0.05, 0.1) is 36.8 Å². The standard InChI is InChI=1S/C54H65N7O5/c1-30(2)40(28-47(62)55-5)51(63)61-45-26-36(45)27-46(61)42-25-35-24-34(15-18-41(35)57-42)38-17-16-37(39-19-22-54(48(38)39)20-7-8-21-54)32-11-13-33(14-12-32)43-29-56-50(58-43)44-10-9-23-60(44)52(64)49(31(3)4)59-53(65)66-6/h11-18,24,29-31,36,40,44-46,49H,7-10,19-23,25-28H2,1-6H3,(H,55,62)(H,56,58)(H,59,65)/t36?,40-,44-,45?,46-,49-/m0/s1. The van der Waals surface area contributed by atoms with E-state index in [0.717, 1.165) is 67.0 Å². The molecule has 3 aliphatic carbocycles. The smallest absolute Gasteiger partial charge is 0.407 e. The number of aliphatic imine (C=N–C) groups is 1. The molecular formula is C54H65N7O5. The number of hydrogen-bond donors (Lipinski definition) is 3. The molecule has 10 rings (SSSR count). The molecule has 346 valence electrons. The highest BCUT2D eigenvalue weighted by molar-refractivity contribution is 6.01. The Balaban J connectivity index is 0.887. The number of likely N-dealkylation sites (tertiary alicyclic amines) is 2. The summed E-state index contributed by atoms with van der Waals surface area (Å²) >= 11 is 0. The first-order chi connectivity index (χ1) is 31.9. The number of piperidine rings is 1. The lowest BCUT2D eigenvalue weighted by Gasteiger charge is -2.32. The summed E-state index contributed by atoms with van der Waals surface area (Å²) in [5.41, 5.74) is 13.6. The van der Waals surface area contributed by atoms with Crippen molar-refractivity contribution in [1.29, 1.82) is 0 Å². The van der Waals surface area contributed by atoms with E-state index >= 15 is 0 Å². The number of ether oxygens (including phenoxy) is 1. The molecule has 4 heterocycles. The number of rotatable bonds is 12. The third kappa shape index (κ3) is 7.81. The van der Waals surface area contributed by atoms with Gasteiger partial charge in [0.25, 0.3) is 0 Å². The fraction of sp³-hybridized carbons (Fsp3) is 0.519. The third-order valence-corrected chi connectivity index (χ3v) is 16.2. The van der Waals surface area contributed by atoms with Gasteiger partial charge in [0.1, 0.15) is 11.9 Å². The monoisotopic (exact) mass is 892 g/mol. The SMILES string of the molecule is CNC(=O)C[C@H](C(=O)N1C2CC2C[C@H]1C1=Nc2ccc(-c3ccc(-c4ccc(-c5cnc([C@@H]6CCCN6C(=O)[C@@H](NC(=O)OC)C(C)C)[nH]5)cc4)c4c3C3(CCCC3)CC4)cc2C1)C(C)C. The highest BCUT2D eigenvalue weighted by Gasteiger charge is 2.56. The van der Waals surface area contributed by atoms with Gasteiger partial charge in [-0.3, -0.25) is 19.4 Å². The minimum atomic E-state index is -0.680. The van der Waals surface area contributed by atoms with Crippen LogP contribution in [0.1, 0.15) is 120 Å². The molecule has 12 nitrogen and oxygen atoms in total. The van der Waals surface area contributed by atoms with E-state index in [-0.39, 0.29) is 65.4 Å². The van der Waals surface area contributed by atoms with Gasteiger partial charge in [-0.25, -0.2) is 9.78 Å². The van der Waals surface area contributed by atoms with Gasteiger partial charge >= 0.3 is 6.09 Å². The first kappa shape index (κ1) is 44.1. The molecule has 3 aromatic carbocycles. The van der Waals surface area contributed by atoms with Gasteiger partial charge in [-0.05, 0) is 131 Å². The predicted molar refractivity (Wildman–Crippen MR) is 256 cm³/mol. The van der Waals surface area contributed by atoms with Crippen LogP contribution in [-0.4, -0.2) is 88.1 Å². The molecule has 2 saturated carbocycles. The number of benzene rings is 3. The molecule has 2 saturated heterocycles. The fourth-order valence-electron chi connectivity index (χ4n) is 12.5. The van der Waals surface area contributed by atoms with Crippen molar-refractivity contribution >= 4 is 35.2 Å². The third-order valence-electron chi connectivity index (χ3n) is 16.2. The van der Waals surface area contributed by atoms with E-state index in [1.807, 2.05) is 38.8 Å². The summed E-state index contributed by atoms with van der Waals surface area (Å²) in [5.74, 6) is 0.827. The number of aromatic amines is 1. The summed E-state index contributed by atoms with van der Waals surface area (Å²) in [6.07, 6.45) is 13.1. The number of hydrogen-bond acceptors (Lipinski definition) is 7. The molecule has 3 N–H and O–H groups in total. The van der Waals surface area contributed by atoms with Crippen LogP contribution >= 0.6 is 0 Å². The molecule has 2 unspecified atom stereocenters. The largest absolute Gasteiger partial charge is 0.453 e. The van der Waals surface area contributed by atoms with Crippen molar-refractivity contribution in [2.24, 2.45) is 28.7 Å². The van der Waals surface area contributed by atoms with Crippen LogP contribution in [0.15, 0.2) is 65.8 Å². The van der Waals surface area contributed by atoms with Crippen molar-refractivity contribution in [2.45, 2.75) is 134 Å². The van der Waals surface area contributed by atoms with E-state index in [9.17, 15) is 19.2 Å². The van der Waals surface area contributed by atoms with E-state index in [4.69, 9.17) is 14.7 Å². The number of fused-ring (bicyclic) bond motifs is 4. The Kier molecular flexibility index (Phi) is 11.7. The number of H-pyrrole nitrogens is 1. The highest BCUT2D eigenvalue weighted by atomic mass is 16.5. The zero-order valence-corrected chi connectivity index (χ0v) is 39.4. The van der Waals surface area contributed by atoms with Gasteiger partial charge in [-0.2, -0.15) is 0 Å². The Morgan fingerprint density at radius 2 is 1.61 bits per heavy atom. The number of nitrogens with zero attached hydrogens (tertiary/aromatic N) is 4. The van der Waals surface area contributed by atoms with E-state index in [1.54, 1.807) is 12.6 Å². The van der Waals surface area contributed by atoms with Gasteiger partial charge in [-0.1, -0.05) is 83.0 Å². The van der Waals surface area contributed by atoms with Crippen molar-refractivity contribution in [1.82, 2.24) is 30.4 Å². The maximum absolute atomic E-state index is 14.2. The molecule has 6 atom stereocenters. The summed E-state index contributed by atoms with van der Waals surface area (Å²) in [5, 5.41) is 5.47. The van der Waals surface area contributed by atoms with Crippen LogP contribution in [0.4, 0.5) is 10.5 Å². The van der Waals surface area contributed by atoms with E-state index in [1.165, 1.54) is 72.6 Å². The molecule has 12 heteroatoms. The van der Waals surface area contributed by atoms with Crippen LogP contribution in [0.5, 0.6) is 0 Å². The maximum Gasteiger partial charge on any atom is 0.407 e. The first-order valence-corrected chi connectivity index (χ1v) is 24.6. The number of methoxy groups -OCH3 is 1. The second-order valence-corrected chi connectivity index (χ2v) is 20.7. The van der Waals surface area contributed by atoms with Crippen LogP contribution in [0.2, 0.25) is 0 Å². The van der Waals surface area contributed by atoms with E-state index in [0.29, 0.717) is 12.5 Å². The van der Waals surface area contributed by atoms with Gasteiger partial charge in [-0.15, -0.1) is 0 Å². The number of amides is 4. The number of alkyl carbamates (subject to hydrolysis) is 1. The van der Waals surface area contributed by atoms with Crippen molar-refractivity contribution in [3.8, 4) is 33.5 Å². The first-order valence-electron chi connectivity index (χ1n) is 24.6. The Morgan fingerprint density at radius 3 is 2.33 bits per heavy atom. The van der Waals surface area contributed by atoms with Gasteiger partial charge in [0, 0.05) is 44.1 Å². The predicted octanol–water partition coefficient (Wildman–Crippen LogP) is 9.24. The van der Waals surface area contributed by atoms with Crippen molar-refractivity contribution in [3.05, 3.63) is 83.3 Å². The van der Waals surface area contributed by atoms with E-state index in [2.05, 4.69) is 75.1 Å². The Labute approximate surface area is 388 Å². The molecular weight excluding hydrogens is 827 g/mol. The quantitative estimate of drug-likeness (QED) is 0.129. The second kappa shape index (κ2) is 17.5. The molecule has 0 radical (unpaired) electrons. The number of aromatic nitrogens is 2. The Morgan fingerprint density at radius 1 is 0.864 bits per heavy atom. The van der Waals surface area contributed by atoms with Crippen LogP contribution in [0, 0.1) is 23.7 Å². The molecule has 6 aliphatic rings. The number of nitrogens with one attached hydrogen (secondary N) is 3. The van der Waals surface area contributed by atoms with Crippen molar-refractivity contribution < 1.29 is 23.9 Å². The topological polar surface area (TPSA) is 149 Å². The van der Waals surface area contributed by atoms with Gasteiger partial charge in [0.15, 0.2) is 0 Å². The fourth-order valence-corrected chi connectivity index (χ4v) is 12.5. The van der Waals surface area contributed by atoms with Crippen LogP contribution < -0.4 is 10.6 Å². The lowest BCUT2D eigenvalue weighted by atomic mass is 9.76. The molecule has 66 heavy (non-hydrogen) atoms. The van der Waals surface area contributed by atoms with Gasteiger partial charge < -0.3 is 30.2 Å². The maximum atomic E-state index is 14.2. The Bertz CT molecular complexity index is 2590. The minimum Gasteiger partial charge on any atom is -0.453 e. The summed E-state index contributed by atoms with van der Waals surface area (Å²) in [4.78, 5) is 70.0. The average molecular weight is 892 g/mol. The number of carbonyl (C=O) groups excluding carboxylic acids is 4. The molecule has 4 fully saturated rings. The zero-order valence-electron chi connectivity index (χ0n) is 39.4. The molecule has 1 aromatic heterocycles. The summed E-state index contributed by atoms with van der Waals surface area (Å²) < 4.78 is 4.81. The summed E-state index contributed by atoms with van der Waals surface area (Å²) in [7, 11) is 2.95. The summed E-state index contributed by atoms with van der Waals surface area (Å²) in [6.45, 7) is 8.56. The van der Waals surface area contributed by atoms with Gasteiger partial charge in [0.2, 0.25) is 17.7 Å². The molecule has 0 bridgehead atoms. The highest BCUT2D eigenvalue weighted by Crippen LogP contribution is 2.56. The van der Waals surface area contributed by atoms with E-state index < -0.39 is 12.1 Å². The normalized spacial score (nSPS) is 23.2. The van der Waals surface area contributed by atoms with Crippen molar-refractivity contribution in [3.63, 3.8) is 0 Å².